The molecule has 0 unspecified atom stereocenters. The molecular weight excluding hydrogens is 300 g/mol. The predicted molar refractivity (Wildman–Crippen MR) is 94.7 cm³/mol. The highest BCUT2D eigenvalue weighted by Gasteiger charge is 2.28. The summed E-state index contributed by atoms with van der Waals surface area (Å²) in [6.45, 7) is 0. The topological polar surface area (TPSA) is 17.0 Å². The lowest BCUT2D eigenvalue weighted by Gasteiger charge is -1.99. The Bertz CT molecular complexity index is 1260. The van der Waals surface area contributed by atoms with Crippen LogP contribution >= 0.6 is 11.3 Å². The Morgan fingerprint density at radius 3 is 2.52 bits per heavy atom. The first kappa shape index (κ1) is 11.7. The molecule has 0 atom stereocenters. The molecule has 23 heavy (non-hydrogen) atoms. The number of rotatable bonds is 0. The largest absolute Gasteiger partial charge is 0.295 e. The maximum absolute atomic E-state index is 5.01. The zero-order valence-electron chi connectivity index (χ0n) is 12.2. The second-order valence-corrected chi connectivity index (χ2v) is 7.00. The van der Waals surface area contributed by atoms with E-state index in [2.05, 4.69) is 71.2 Å². The second-order valence-electron chi connectivity index (χ2n) is 5.94. The quantitative estimate of drug-likeness (QED) is 0.367. The Morgan fingerprint density at radius 1 is 0.783 bits per heavy atom. The van der Waals surface area contributed by atoms with E-state index in [1.807, 2.05) is 0 Å². The number of benzene rings is 3. The zero-order valence-corrected chi connectivity index (χ0v) is 13.0. The summed E-state index contributed by atoms with van der Waals surface area (Å²) in [6, 6.07) is 23.8. The number of nitrogens with zero attached hydrogens (tertiary/aromatic N) is 2. The van der Waals surface area contributed by atoms with E-state index >= 15 is 0 Å². The smallest absolute Gasteiger partial charge is 0.0610 e. The van der Waals surface area contributed by atoms with Crippen molar-refractivity contribution in [1.82, 2.24) is 5.10 Å². The highest BCUT2D eigenvalue weighted by Crippen LogP contribution is 2.46. The Kier molecular flexibility index (Phi) is 2.01. The molecule has 3 heteroatoms. The molecule has 0 fully saturated rings. The van der Waals surface area contributed by atoms with Gasteiger partial charge in [-0.3, -0.25) is 0 Å². The summed E-state index contributed by atoms with van der Waals surface area (Å²) in [6.07, 6.45) is 0. The van der Waals surface area contributed by atoms with Gasteiger partial charge in [0.25, 0.3) is 10.3 Å². The van der Waals surface area contributed by atoms with Gasteiger partial charge in [0, 0.05) is 28.4 Å². The summed E-state index contributed by atoms with van der Waals surface area (Å²) in [4.78, 5) is 1.19. The van der Waals surface area contributed by atoms with Gasteiger partial charge >= 0.3 is 0 Å². The highest BCUT2D eigenvalue weighted by atomic mass is 32.1. The van der Waals surface area contributed by atoms with E-state index < -0.39 is 0 Å². The molecule has 0 radical (unpaired) electrons. The Balaban J connectivity index is 1.83. The van der Waals surface area contributed by atoms with Gasteiger partial charge in [0.2, 0.25) is 0 Å². The minimum Gasteiger partial charge on any atom is -0.0610 e. The molecule has 2 nitrogen and oxygen atoms in total. The fourth-order valence-electron chi connectivity index (χ4n) is 3.70. The maximum atomic E-state index is 5.01. The third kappa shape index (κ3) is 1.38. The summed E-state index contributed by atoms with van der Waals surface area (Å²) < 4.78 is 3.36. The lowest BCUT2D eigenvalue weighted by atomic mass is 10.0. The van der Waals surface area contributed by atoms with Crippen LogP contribution in [0.15, 0.2) is 66.7 Å². The number of aromatic nitrogens is 2. The molecule has 3 aromatic carbocycles. The van der Waals surface area contributed by atoms with Crippen LogP contribution in [0.2, 0.25) is 0 Å². The van der Waals surface area contributed by atoms with Crippen molar-refractivity contribution in [3.8, 4) is 22.4 Å². The van der Waals surface area contributed by atoms with Gasteiger partial charge in [-0.2, -0.15) is 0 Å². The first-order valence-electron chi connectivity index (χ1n) is 7.67. The first-order valence-corrected chi connectivity index (χ1v) is 8.49. The monoisotopic (exact) mass is 311 g/mol. The number of fused-ring (bicyclic) bond motifs is 6. The molecular formula is C20H11N2S+. The van der Waals surface area contributed by atoms with E-state index in [1.165, 1.54) is 42.5 Å². The molecule has 1 aliphatic rings. The molecule has 1 aliphatic carbocycles. The third-order valence-electron chi connectivity index (χ3n) is 4.69. The fourth-order valence-corrected chi connectivity index (χ4v) is 4.73. The van der Waals surface area contributed by atoms with Crippen LogP contribution in [0.5, 0.6) is 0 Å². The van der Waals surface area contributed by atoms with Crippen LogP contribution in [0.4, 0.5) is 0 Å². The zero-order chi connectivity index (χ0) is 15.0. The predicted octanol–water partition coefficient (Wildman–Crippen LogP) is 4.84. The van der Waals surface area contributed by atoms with E-state index in [1.54, 1.807) is 11.3 Å². The van der Waals surface area contributed by atoms with Gasteiger partial charge < -0.3 is 0 Å². The molecule has 2 aromatic heterocycles. The summed E-state index contributed by atoms with van der Waals surface area (Å²) in [5.74, 6) is 0. The fraction of sp³-hybridized carbons (Fsp3) is 0. The normalized spacial score (nSPS) is 12.3. The summed E-state index contributed by atoms with van der Waals surface area (Å²) in [5.41, 5.74) is 6.08. The molecule has 2 heterocycles. The second kappa shape index (κ2) is 3.94. The van der Waals surface area contributed by atoms with Gasteiger partial charge in [0.1, 0.15) is 10.4 Å². The summed E-state index contributed by atoms with van der Waals surface area (Å²) in [5, 5.41) is 7.63. The molecule has 0 bridgehead atoms. The van der Waals surface area contributed by atoms with Gasteiger partial charge in [0.05, 0.1) is 0 Å². The van der Waals surface area contributed by atoms with Crippen molar-refractivity contribution in [2.45, 2.75) is 0 Å². The van der Waals surface area contributed by atoms with Crippen molar-refractivity contribution in [3.63, 3.8) is 0 Å². The van der Waals surface area contributed by atoms with Gasteiger partial charge in [0.15, 0.2) is 0 Å². The minimum atomic E-state index is 1.10. The van der Waals surface area contributed by atoms with Gasteiger partial charge in [-0.05, 0) is 26.9 Å². The number of thiazole rings is 1. The molecule has 6 rings (SSSR count). The van der Waals surface area contributed by atoms with E-state index in [4.69, 9.17) is 5.10 Å². The lowest BCUT2D eigenvalue weighted by Crippen LogP contribution is -2.25. The summed E-state index contributed by atoms with van der Waals surface area (Å²) in [7, 11) is 0. The molecule has 0 saturated heterocycles. The minimum absolute atomic E-state index is 1.10. The van der Waals surface area contributed by atoms with Crippen molar-refractivity contribution in [3.05, 3.63) is 66.7 Å². The van der Waals surface area contributed by atoms with Crippen LogP contribution in [-0.2, 0) is 0 Å². The molecule has 5 aromatic rings. The maximum Gasteiger partial charge on any atom is 0.295 e. The van der Waals surface area contributed by atoms with Crippen molar-refractivity contribution >= 4 is 37.2 Å². The Labute approximate surface area is 136 Å². The lowest BCUT2D eigenvalue weighted by molar-refractivity contribution is -0.547. The van der Waals surface area contributed by atoms with Gasteiger partial charge in [-0.15, -0.1) is 0 Å². The first-order chi connectivity index (χ1) is 11.4. The van der Waals surface area contributed by atoms with Crippen molar-refractivity contribution in [2.24, 2.45) is 0 Å². The molecule has 106 valence electrons. The standard InChI is InChI=1S/C20H11N2S/c1-2-10-17-16(9-1)22-18(23-17)11-15-13-7-3-5-12-6-4-8-14(19(12)13)20(15)21-22/h1-11H/q+1. The summed E-state index contributed by atoms with van der Waals surface area (Å²) >= 11 is 1.80. The highest BCUT2D eigenvalue weighted by molar-refractivity contribution is 7.23. The van der Waals surface area contributed by atoms with Crippen LogP contribution in [-0.4, -0.2) is 5.10 Å². The van der Waals surface area contributed by atoms with E-state index in [-0.39, 0.29) is 0 Å². The van der Waals surface area contributed by atoms with Crippen LogP contribution in [0.3, 0.4) is 0 Å². The number of para-hydroxylation sites is 1. The van der Waals surface area contributed by atoms with Crippen LogP contribution in [0, 0.1) is 0 Å². The van der Waals surface area contributed by atoms with Crippen molar-refractivity contribution in [1.29, 1.82) is 0 Å². The van der Waals surface area contributed by atoms with Crippen LogP contribution in [0.25, 0.3) is 48.2 Å². The molecule has 0 N–H and O–H groups in total. The molecule has 0 spiro atoms. The Hall–Kier alpha value is -2.78. The Morgan fingerprint density at radius 2 is 1.61 bits per heavy atom. The molecule has 0 saturated carbocycles. The molecule has 0 aliphatic heterocycles. The van der Waals surface area contributed by atoms with Crippen molar-refractivity contribution < 1.29 is 4.52 Å². The number of hydrogen-bond acceptors (Lipinski definition) is 2. The molecule has 0 amide bonds. The van der Waals surface area contributed by atoms with Crippen LogP contribution in [0.1, 0.15) is 0 Å². The average molecular weight is 311 g/mol. The average Bonchev–Trinajstić information content (AvgIpc) is 3.11. The van der Waals surface area contributed by atoms with Crippen molar-refractivity contribution in [2.75, 3.05) is 0 Å². The van der Waals surface area contributed by atoms with E-state index in [0.717, 1.165) is 5.69 Å². The number of hydrogen-bond donors (Lipinski definition) is 0. The SMILES string of the molecule is c1cc2c3c(cccc3c1)-c1n[n+]3c(cc1-2)sc1ccccc13. The van der Waals surface area contributed by atoms with Crippen LogP contribution < -0.4 is 4.52 Å². The van der Waals surface area contributed by atoms with Gasteiger partial charge in [-0.1, -0.05) is 59.9 Å². The van der Waals surface area contributed by atoms with Gasteiger partial charge in [-0.25, -0.2) is 0 Å². The third-order valence-corrected chi connectivity index (χ3v) is 5.75. The van der Waals surface area contributed by atoms with E-state index in [9.17, 15) is 0 Å². The van der Waals surface area contributed by atoms with E-state index in [0.29, 0.717) is 0 Å².